The van der Waals surface area contributed by atoms with Crippen LogP contribution in [0.25, 0.3) is 0 Å². The third-order valence-corrected chi connectivity index (χ3v) is 3.77. The Hall–Kier alpha value is -2.89. The molecule has 0 aliphatic heterocycles. The van der Waals surface area contributed by atoms with Crippen molar-refractivity contribution in [2.24, 2.45) is 0 Å². The molecule has 6 heteroatoms. The van der Waals surface area contributed by atoms with Gasteiger partial charge in [-0.05, 0) is 29.2 Å². The van der Waals surface area contributed by atoms with Crippen molar-refractivity contribution in [2.75, 3.05) is 7.11 Å². The first kappa shape index (κ1) is 18.4. The van der Waals surface area contributed by atoms with E-state index in [9.17, 15) is 14.4 Å². The lowest BCUT2D eigenvalue weighted by Crippen LogP contribution is -2.29. The molecule has 0 saturated heterocycles. The van der Waals surface area contributed by atoms with Crippen LogP contribution in [-0.2, 0) is 27.4 Å². The van der Waals surface area contributed by atoms with Gasteiger partial charge in [0.2, 0.25) is 0 Å². The van der Waals surface area contributed by atoms with Gasteiger partial charge < -0.3 is 14.0 Å². The molecule has 6 nitrogen and oxygen atoms in total. The number of aromatic nitrogens is 1. The fourth-order valence-corrected chi connectivity index (χ4v) is 2.27. The topological polar surface area (TPSA) is 74.6 Å². The molecule has 2 rings (SSSR count). The van der Waals surface area contributed by atoms with E-state index in [1.54, 1.807) is 0 Å². The number of hydrogen-bond donors (Lipinski definition) is 0. The third kappa shape index (κ3) is 4.79. The van der Waals surface area contributed by atoms with Crippen molar-refractivity contribution in [3.63, 3.8) is 0 Å². The maximum Gasteiger partial charge on any atom is 0.343 e. The van der Waals surface area contributed by atoms with Crippen molar-refractivity contribution in [3.8, 4) is 0 Å². The van der Waals surface area contributed by atoms with Crippen LogP contribution in [0, 0.1) is 0 Å². The Labute approximate surface area is 146 Å². The number of methoxy groups -OCH3 is 1. The molecule has 0 atom stereocenters. The van der Waals surface area contributed by atoms with Crippen molar-refractivity contribution in [1.82, 2.24) is 4.57 Å². The predicted octanol–water partition coefficient (Wildman–Crippen LogP) is 2.50. The summed E-state index contributed by atoms with van der Waals surface area (Å²) in [5.41, 5.74) is 1.37. The quantitative estimate of drug-likeness (QED) is 0.754. The van der Waals surface area contributed by atoms with E-state index in [4.69, 9.17) is 4.74 Å². The maximum atomic E-state index is 12.1. The van der Waals surface area contributed by atoms with Crippen LogP contribution in [0.3, 0.4) is 0 Å². The van der Waals surface area contributed by atoms with Crippen LogP contribution in [0.15, 0.2) is 47.4 Å². The van der Waals surface area contributed by atoms with Crippen LogP contribution in [-0.4, -0.2) is 23.6 Å². The van der Waals surface area contributed by atoms with E-state index >= 15 is 0 Å². The summed E-state index contributed by atoms with van der Waals surface area (Å²) in [5, 5.41) is 0. The smallest absolute Gasteiger partial charge is 0.343 e. The first-order chi connectivity index (χ1) is 11.9. The molecule has 0 unspecified atom stereocenters. The number of hydrogen-bond acceptors (Lipinski definition) is 5. The van der Waals surface area contributed by atoms with E-state index < -0.39 is 17.5 Å². The minimum atomic E-state index is -0.738. The number of carbonyl (C=O) groups excluding carboxylic acids is 2. The lowest BCUT2D eigenvalue weighted by Gasteiger charge is -2.09. The minimum Gasteiger partial charge on any atom is -0.465 e. The molecule has 0 radical (unpaired) electrons. The van der Waals surface area contributed by atoms with Gasteiger partial charge in [-0.2, -0.15) is 0 Å². The maximum absolute atomic E-state index is 12.1. The van der Waals surface area contributed by atoms with E-state index in [-0.39, 0.29) is 18.7 Å². The molecule has 1 aromatic carbocycles. The summed E-state index contributed by atoms with van der Waals surface area (Å²) in [6.45, 7) is 4.07. The molecular formula is C19H21NO5. The SMILES string of the molecule is COC(=O)c1cccn(CC(=O)OCc2ccc(C(C)C)cc2)c1=O. The molecule has 1 aromatic heterocycles. The minimum absolute atomic E-state index is 0.123. The average Bonchev–Trinajstić information content (AvgIpc) is 2.61. The summed E-state index contributed by atoms with van der Waals surface area (Å²) in [6.07, 6.45) is 1.42. The number of carbonyl (C=O) groups is 2. The third-order valence-electron chi connectivity index (χ3n) is 3.77. The molecule has 0 amide bonds. The monoisotopic (exact) mass is 343 g/mol. The molecule has 25 heavy (non-hydrogen) atoms. The van der Waals surface area contributed by atoms with Crippen molar-refractivity contribution >= 4 is 11.9 Å². The molecule has 0 saturated carbocycles. The Morgan fingerprint density at radius 2 is 1.80 bits per heavy atom. The molecule has 0 fully saturated rings. The Bertz CT molecular complexity index is 805. The van der Waals surface area contributed by atoms with Gasteiger partial charge in [-0.25, -0.2) is 4.79 Å². The molecule has 1 heterocycles. The highest BCUT2D eigenvalue weighted by Gasteiger charge is 2.14. The molecule has 0 aliphatic rings. The summed E-state index contributed by atoms with van der Waals surface area (Å²) in [5.74, 6) is -0.861. The van der Waals surface area contributed by atoms with Gasteiger partial charge in [0.1, 0.15) is 18.7 Å². The fourth-order valence-electron chi connectivity index (χ4n) is 2.27. The molecule has 0 aliphatic carbocycles. The molecule has 132 valence electrons. The van der Waals surface area contributed by atoms with Crippen LogP contribution in [0.5, 0.6) is 0 Å². The number of rotatable bonds is 6. The predicted molar refractivity (Wildman–Crippen MR) is 92.4 cm³/mol. The number of ether oxygens (including phenoxy) is 2. The summed E-state index contributed by atoms with van der Waals surface area (Å²) in [4.78, 5) is 35.6. The van der Waals surface area contributed by atoms with Gasteiger partial charge in [-0.1, -0.05) is 38.1 Å². The van der Waals surface area contributed by atoms with Crippen molar-refractivity contribution < 1.29 is 19.1 Å². The van der Waals surface area contributed by atoms with E-state index in [1.165, 1.54) is 31.0 Å². The summed E-state index contributed by atoms with van der Waals surface area (Å²) in [7, 11) is 1.19. The molecule has 0 N–H and O–H groups in total. The summed E-state index contributed by atoms with van der Waals surface area (Å²) < 4.78 is 10.9. The second-order valence-electron chi connectivity index (χ2n) is 5.90. The first-order valence-electron chi connectivity index (χ1n) is 7.94. The number of benzene rings is 1. The largest absolute Gasteiger partial charge is 0.465 e. The normalized spacial score (nSPS) is 10.6. The Morgan fingerprint density at radius 1 is 1.12 bits per heavy atom. The standard InChI is InChI=1S/C19H21NO5/c1-13(2)15-8-6-14(7-9-15)12-25-17(21)11-20-10-4-5-16(18(20)22)19(23)24-3/h4-10,13H,11-12H2,1-3H3. The van der Waals surface area contributed by atoms with Gasteiger partial charge in [-0.15, -0.1) is 0 Å². The van der Waals surface area contributed by atoms with Gasteiger partial charge in [0.05, 0.1) is 7.11 Å². The molecule has 0 bridgehead atoms. The van der Waals surface area contributed by atoms with Crippen molar-refractivity contribution in [2.45, 2.75) is 32.9 Å². The van der Waals surface area contributed by atoms with Crippen LogP contribution >= 0.6 is 0 Å². The first-order valence-corrected chi connectivity index (χ1v) is 7.94. The zero-order chi connectivity index (χ0) is 18.4. The lowest BCUT2D eigenvalue weighted by molar-refractivity contribution is -0.145. The summed E-state index contributed by atoms with van der Waals surface area (Å²) in [6, 6.07) is 10.7. The highest BCUT2D eigenvalue weighted by atomic mass is 16.5. The Morgan fingerprint density at radius 3 is 2.40 bits per heavy atom. The van der Waals surface area contributed by atoms with Gasteiger partial charge in [0.15, 0.2) is 0 Å². The van der Waals surface area contributed by atoms with Gasteiger partial charge >= 0.3 is 11.9 Å². The number of pyridine rings is 1. The van der Waals surface area contributed by atoms with Gasteiger partial charge in [-0.3, -0.25) is 9.59 Å². The van der Waals surface area contributed by atoms with E-state index in [0.717, 1.165) is 10.1 Å². The molecular weight excluding hydrogens is 322 g/mol. The second-order valence-corrected chi connectivity index (χ2v) is 5.90. The van der Waals surface area contributed by atoms with Crippen LogP contribution < -0.4 is 5.56 Å². The van der Waals surface area contributed by atoms with Gasteiger partial charge in [0.25, 0.3) is 5.56 Å². The van der Waals surface area contributed by atoms with Crippen molar-refractivity contribution in [1.29, 1.82) is 0 Å². The molecule has 0 spiro atoms. The Kier molecular flexibility index (Phi) is 6.11. The van der Waals surface area contributed by atoms with E-state index in [1.807, 2.05) is 24.3 Å². The van der Waals surface area contributed by atoms with Crippen LogP contribution in [0.2, 0.25) is 0 Å². The van der Waals surface area contributed by atoms with E-state index in [2.05, 4.69) is 18.6 Å². The fraction of sp³-hybridized carbons (Fsp3) is 0.316. The Balaban J connectivity index is 1.99. The van der Waals surface area contributed by atoms with E-state index in [0.29, 0.717) is 5.92 Å². The highest BCUT2D eigenvalue weighted by molar-refractivity contribution is 5.88. The van der Waals surface area contributed by atoms with Crippen molar-refractivity contribution in [3.05, 3.63) is 69.6 Å². The number of esters is 2. The van der Waals surface area contributed by atoms with Crippen LogP contribution in [0.1, 0.15) is 41.3 Å². The molecule has 2 aromatic rings. The van der Waals surface area contributed by atoms with Crippen LogP contribution in [0.4, 0.5) is 0 Å². The van der Waals surface area contributed by atoms with Gasteiger partial charge in [0, 0.05) is 6.20 Å². The summed E-state index contributed by atoms with van der Waals surface area (Å²) >= 11 is 0. The highest BCUT2D eigenvalue weighted by Crippen LogP contribution is 2.15. The average molecular weight is 343 g/mol. The zero-order valence-electron chi connectivity index (χ0n) is 14.5. The zero-order valence-corrected chi connectivity index (χ0v) is 14.5. The lowest BCUT2D eigenvalue weighted by atomic mass is 10.0. The second kappa shape index (κ2) is 8.28. The number of nitrogens with zero attached hydrogens (tertiary/aromatic N) is 1.